The zero-order valence-corrected chi connectivity index (χ0v) is 12.8. The number of Topliss-reactive ketones (excluding diaryl/α,β-unsaturated/α-hetero) is 1. The van der Waals surface area contributed by atoms with E-state index in [4.69, 9.17) is 0 Å². The first-order chi connectivity index (χ1) is 9.11. The molecule has 2 aliphatic heterocycles. The van der Waals surface area contributed by atoms with E-state index in [1.807, 2.05) is 20.8 Å². The largest absolute Gasteiger partial charge is 0.333 e. The van der Waals surface area contributed by atoms with Crippen LogP contribution in [0.5, 0.6) is 0 Å². The number of urea groups is 1. The van der Waals surface area contributed by atoms with Gasteiger partial charge in [0.05, 0.1) is 12.1 Å². The van der Waals surface area contributed by atoms with Crippen molar-refractivity contribution in [2.45, 2.75) is 52.2 Å². The Morgan fingerprint density at radius 3 is 2.10 bits per heavy atom. The highest BCUT2D eigenvalue weighted by Gasteiger charge is 2.56. The zero-order valence-electron chi connectivity index (χ0n) is 12.8. The fraction of sp³-hybridized carbons (Fsp3) is 0.786. The minimum Gasteiger partial charge on any atom is -0.333 e. The molecular formula is C14H23N3O3. The predicted molar refractivity (Wildman–Crippen MR) is 74.1 cm³/mol. The molecule has 6 heteroatoms. The van der Waals surface area contributed by atoms with Gasteiger partial charge in [-0.2, -0.15) is 0 Å². The van der Waals surface area contributed by atoms with Crippen molar-refractivity contribution in [3.8, 4) is 0 Å². The number of likely N-dealkylation sites (tertiary alicyclic amines) is 2. The van der Waals surface area contributed by atoms with Crippen LogP contribution in [-0.4, -0.2) is 58.2 Å². The summed E-state index contributed by atoms with van der Waals surface area (Å²) in [5.74, 6) is -0.0125. The standard InChI is InChI=1S/C14H23N3O3/c1-8(18)12-10-6-17(13(20)15-14(3,4)5)11(10)7-16(12)9(2)19/h10-12H,6-7H2,1-5H3,(H,15,20)/t10?,11?,12-/m1/s1. The van der Waals surface area contributed by atoms with E-state index in [-0.39, 0.29) is 41.3 Å². The van der Waals surface area contributed by atoms with Crippen LogP contribution in [0.3, 0.4) is 0 Å². The van der Waals surface area contributed by atoms with Crippen LogP contribution in [0.25, 0.3) is 0 Å². The molecule has 2 fully saturated rings. The van der Waals surface area contributed by atoms with E-state index in [1.54, 1.807) is 9.80 Å². The maximum atomic E-state index is 12.2. The minimum atomic E-state index is -0.365. The first kappa shape index (κ1) is 14.8. The smallest absolute Gasteiger partial charge is 0.318 e. The molecule has 0 radical (unpaired) electrons. The third kappa shape index (κ3) is 2.51. The van der Waals surface area contributed by atoms with Crippen LogP contribution in [0.15, 0.2) is 0 Å². The summed E-state index contributed by atoms with van der Waals surface area (Å²) in [6.45, 7) is 9.77. The van der Waals surface area contributed by atoms with Gasteiger partial charge in [0.15, 0.2) is 5.78 Å². The first-order valence-corrected chi connectivity index (χ1v) is 6.98. The number of hydrogen-bond acceptors (Lipinski definition) is 3. The molecule has 0 aliphatic carbocycles. The Morgan fingerprint density at radius 2 is 1.65 bits per heavy atom. The molecule has 2 rings (SSSR count). The van der Waals surface area contributed by atoms with Crippen molar-refractivity contribution >= 4 is 17.7 Å². The molecule has 2 aliphatic rings. The predicted octanol–water partition coefficient (Wildman–Crippen LogP) is 0.615. The van der Waals surface area contributed by atoms with Crippen molar-refractivity contribution in [1.82, 2.24) is 15.1 Å². The number of nitrogens with zero attached hydrogens (tertiary/aromatic N) is 2. The molecule has 3 amide bonds. The second-order valence-electron chi connectivity index (χ2n) is 6.79. The van der Waals surface area contributed by atoms with E-state index >= 15 is 0 Å². The lowest BCUT2D eigenvalue weighted by Crippen LogP contribution is -2.64. The van der Waals surface area contributed by atoms with Gasteiger partial charge in [0.1, 0.15) is 0 Å². The summed E-state index contributed by atoms with van der Waals surface area (Å²) < 4.78 is 0. The van der Waals surface area contributed by atoms with E-state index in [0.29, 0.717) is 13.1 Å². The molecule has 112 valence electrons. The van der Waals surface area contributed by atoms with Gasteiger partial charge < -0.3 is 15.1 Å². The number of rotatable bonds is 1. The van der Waals surface area contributed by atoms with E-state index < -0.39 is 0 Å². The number of nitrogens with one attached hydrogen (secondary N) is 1. The zero-order chi connectivity index (χ0) is 15.2. The van der Waals surface area contributed by atoms with Crippen LogP contribution in [-0.2, 0) is 9.59 Å². The Labute approximate surface area is 119 Å². The Hall–Kier alpha value is -1.59. The minimum absolute atomic E-state index is 0.00331. The number of carbonyl (C=O) groups is 3. The summed E-state index contributed by atoms with van der Waals surface area (Å²) in [4.78, 5) is 38.9. The first-order valence-electron chi connectivity index (χ1n) is 6.98. The van der Waals surface area contributed by atoms with Gasteiger partial charge in [0, 0.05) is 31.5 Å². The van der Waals surface area contributed by atoms with Gasteiger partial charge in [-0.1, -0.05) is 0 Å². The fourth-order valence-corrected chi connectivity index (χ4v) is 3.14. The van der Waals surface area contributed by atoms with E-state index in [1.165, 1.54) is 13.8 Å². The Kier molecular flexibility index (Phi) is 3.52. The molecule has 1 N–H and O–H groups in total. The SMILES string of the molecule is CC(=O)[C@@H]1C2CN(C(=O)NC(C)(C)C)C2CN1C(C)=O. The van der Waals surface area contributed by atoms with Crippen LogP contribution in [0, 0.1) is 5.92 Å². The summed E-state index contributed by atoms with van der Waals surface area (Å²) in [7, 11) is 0. The molecule has 6 nitrogen and oxygen atoms in total. The maximum Gasteiger partial charge on any atom is 0.318 e. The molecule has 0 spiro atoms. The second kappa shape index (κ2) is 4.75. The Bertz CT molecular complexity index is 455. The number of ketones is 1. The molecule has 0 bridgehead atoms. The normalized spacial score (nSPS) is 28.8. The molecule has 0 aromatic rings. The van der Waals surface area contributed by atoms with Crippen LogP contribution in [0.2, 0.25) is 0 Å². The molecule has 2 heterocycles. The average molecular weight is 281 g/mol. The molecule has 2 unspecified atom stereocenters. The topological polar surface area (TPSA) is 69.7 Å². The molecule has 0 saturated carbocycles. The lowest BCUT2D eigenvalue weighted by atomic mass is 9.85. The molecular weight excluding hydrogens is 258 g/mol. The number of fused-ring (bicyclic) bond motifs is 1. The summed E-state index contributed by atoms with van der Waals surface area (Å²) >= 11 is 0. The van der Waals surface area contributed by atoms with Crippen LogP contribution in [0.4, 0.5) is 4.79 Å². The van der Waals surface area contributed by atoms with Crippen LogP contribution in [0.1, 0.15) is 34.6 Å². The van der Waals surface area contributed by atoms with Crippen molar-refractivity contribution in [2.75, 3.05) is 13.1 Å². The summed E-state index contributed by atoms with van der Waals surface area (Å²) in [5, 5.41) is 2.92. The number of hydrogen-bond donors (Lipinski definition) is 1. The fourth-order valence-electron chi connectivity index (χ4n) is 3.14. The maximum absolute atomic E-state index is 12.2. The van der Waals surface area contributed by atoms with Crippen molar-refractivity contribution in [3.63, 3.8) is 0 Å². The summed E-state index contributed by atoms with van der Waals surface area (Å²) in [5.41, 5.74) is -0.291. The summed E-state index contributed by atoms with van der Waals surface area (Å²) in [6, 6.07) is -0.516. The van der Waals surface area contributed by atoms with Crippen molar-refractivity contribution in [2.24, 2.45) is 5.92 Å². The van der Waals surface area contributed by atoms with E-state index in [9.17, 15) is 14.4 Å². The van der Waals surface area contributed by atoms with Gasteiger partial charge in [-0.15, -0.1) is 0 Å². The van der Waals surface area contributed by atoms with E-state index in [0.717, 1.165) is 0 Å². The van der Waals surface area contributed by atoms with E-state index in [2.05, 4.69) is 5.32 Å². The lowest BCUT2D eigenvalue weighted by molar-refractivity contribution is -0.136. The van der Waals surface area contributed by atoms with Gasteiger partial charge >= 0.3 is 6.03 Å². The van der Waals surface area contributed by atoms with Crippen LogP contribution >= 0.6 is 0 Å². The number of amides is 3. The van der Waals surface area contributed by atoms with Crippen molar-refractivity contribution in [3.05, 3.63) is 0 Å². The van der Waals surface area contributed by atoms with Gasteiger partial charge in [0.25, 0.3) is 0 Å². The quantitative estimate of drug-likeness (QED) is 0.766. The lowest BCUT2D eigenvalue weighted by Gasteiger charge is -2.45. The molecule has 0 aromatic heterocycles. The van der Waals surface area contributed by atoms with Gasteiger partial charge in [-0.05, 0) is 27.7 Å². The van der Waals surface area contributed by atoms with Gasteiger partial charge in [-0.25, -0.2) is 4.79 Å². The summed E-state index contributed by atoms with van der Waals surface area (Å²) in [6.07, 6.45) is 0. The highest BCUT2D eigenvalue weighted by atomic mass is 16.2. The highest BCUT2D eigenvalue weighted by Crippen LogP contribution is 2.38. The van der Waals surface area contributed by atoms with Crippen molar-refractivity contribution in [1.29, 1.82) is 0 Å². The Balaban J connectivity index is 2.08. The third-order valence-electron chi connectivity index (χ3n) is 3.99. The molecule has 2 saturated heterocycles. The monoisotopic (exact) mass is 281 g/mol. The molecule has 3 atom stereocenters. The van der Waals surface area contributed by atoms with Gasteiger partial charge in [-0.3, -0.25) is 9.59 Å². The molecule has 0 aromatic carbocycles. The second-order valence-corrected chi connectivity index (χ2v) is 6.79. The third-order valence-corrected chi connectivity index (χ3v) is 3.99. The van der Waals surface area contributed by atoms with Crippen molar-refractivity contribution < 1.29 is 14.4 Å². The highest BCUT2D eigenvalue weighted by molar-refractivity contribution is 5.89. The number of carbonyl (C=O) groups excluding carboxylic acids is 3. The Morgan fingerprint density at radius 1 is 1.05 bits per heavy atom. The average Bonchev–Trinajstić information content (AvgIpc) is 2.49. The van der Waals surface area contributed by atoms with Gasteiger partial charge in [0.2, 0.25) is 5.91 Å². The molecule has 20 heavy (non-hydrogen) atoms. The van der Waals surface area contributed by atoms with Crippen LogP contribution < -0.4 is 5.32 Å².